The Hall–Kier alpha value is 0.202. The van der Waals surface area contributed by atoms with Crippen molar-refractivity contribution in [2.75, 3.05) is 14.2 Å². The molecular weight excluding hydrogens is 119 g/mol. The van der Waals surface area contributed by atoms with E-state index in [1.165, 1.54) is 0 Å². The van der Waals surface area contributed by atoms with E-state index in [1.54, 1.807) is 14.2 Å². The van der Waals surface area contributed by atoms with Crippen molar-refractivity contribution in [1.82, 2.24) is 0 Å². The van der Waals surface area contributed by atoms with Gasteiger partial charge in [0, 0.05) is 14.2 Å². The summed E-state index contributed by atoms with van der Waals surface area (Å²) in [4.78, 5) is 0. The molecule has 0 aliphatic carbocycles. The highest BCUT2D eigenvalue weighted by atomic mass is 28.4. The van der Waals surface area contributed by atoms with Crippen LogP contribution < -0.4 is 0 Å². The minimum atomic E-state index is -1.67. The summed E-state index contributed by atoms with van der Waals surface area (Å²) in [6, 6.07) is 0. The molecule has 8 heavy (non-hydrogen) atoms. The highest BCUT2D eigenvalue weighted by molar-refractivity contribution is 7.16. The topological polar surface area (TPSA) is 18.5 Å². The lowest BCUT2D eigenvalue weighted by Crippen LogP contribution is -2.42. The first-order chi connectivity index (χ1) is 3.68. The lowest BCUT2D eigenvalue weighted by atomic mass is 10.2. The smallest absolute Gasteiger partial charge is 0.284 e. The van der Waals surface area contributed by atoms with E-state index in [0.717, 1.165) is 6.87 Å². The Bertz CT molecular complexity index is 56.8. The molecular formula is C4H13BO2Si. The molecule has 0 bridgehead atoms. The zero-order chi connectivity index (χ0) is 6.62. The van der Waals surface area contributed by atoms with Crippen LogP contribution in [-0.2, 0) is 8.85 Å². The van der Waals surface area contributed by atoms with Gasteiger partial charge in [-0.05, 0) is 6.55 Å². The summed E-state index contributed by atoms with van der Waals surface area (Å²) in [5.74, 6) is 0. The molecule has 0 spiro atoms. The average Bonchev–Trinajstić information content (AvgIpc) is 1.87. The minimum Gasteiger partial charge on any atom is -0.403 e. The molecule has 0 aliphatic rings. The normalized spacial score (nSPS) is 11.5. The zero-order valence-electron chi connectivity index (χ0n) is 6.02. The van der Waals surface area contributed by atoms with Gasteiger partial charge < -0.3 is 8.85 Å². The molecule has 0 aliphatic heterocycles. The molecule has 0 aromatic carbocycles. The maximum Gasteiger partial charge on any atom is 0.284 e. The van der Waals surface area contributed by atoms with Gasteiger partial charge in [0.25, 0.3) is 8.43 Å². The Kier molecular flexibility index (Phi) is 3.35. The number of hydrogen-bond acceptors (Lipinski definition) is 2. The van der Waals surface area contributed by atoms with Gasteiger partial charge in [0.15, 0.2) is 6.87 Å². The van der Waals surface area contributed by atoms with Crippen LogP contribution in [0, 0.1) is 0 Å². The maximum absolute atomic E-state index is 5.15. The van der Waals surface area contributed by atoms with Crippen LogP contribution in [0.3, 0.4) is 0 Å². The lowest BCUT2D eigenvalue weighted by Gasteiger charge is -2.19. The van der Waals surface area contributed by atoms with Crippen molar-refractivity contribution >= 4 is 15.3 Å². The second kappa shape index (κ2) is 3.27. The third kappa shape index (κ3) is 1.98. The molecule has 0 amide bonds. The average molecular weight is 132 g/mol. The Morgan fingerprint density at radius 3 is 1.62 bits per heavy atom. The fourth-order valence-corrected chi connectivity index (χ4v) is 1.12. The first-order valence-electron chi connectivity index (χ1n) is 2.79. The van der Waals surface area contributed by atoms with Crippen LogP contribution in [0.1, 0.15) is 0 Å². The second-order valence-corrected chi connectivity index (χ2v) is 5.69. The number of rotatable bonds is 3. The second-order valence-electron chi connectivity index (χ2n) is 1.90. The molecule has 4 heteroatoms. The Labute approximate surface area is 52.6 Å². The van der Waals surface area contributed by atoms with Gasteiger partial charge in [-0.15, -0.1) is 0 Å². The van der Waals surface area contributed by atoms with Crippen molar-refractivity contribution in [2.45, 2.75) is 13.4 Å². The van der Waals surface area contributed by atoms with E-state index in [0.29, 0.717) is 0 Å². The molecule has 0 fully saturated rings. The van der Waals surface area contributed by atoms with E-state index < -0.39 is 8.43 Å². The van der Waals surface area contributed by atoms with Crippen molar-refractivity contribution < 1.29 is 8.85 Å². The summed E-state index contributed by atoms with van der Waals surface area (Å²) in [6.07, 6.45) is 0. The van der Waals surface area contributed by atoms with Crippen LogP contribution in [0.2, 0.25) is 13.4 Å². The largest absolute Gasteiger partial charge is 0.403 e. The SMILES string of the molecule is CB[Si](C)(OC)OC. The van der Waals surface area contributed by atoms with Gasteiger partial charge in [0.1, 0.15) is 0 Å². The summed E-state index contributed by atoms with van der Waals surface area (Å²) in [6.45, 7) is 5.15. The van der Waals surface area contributed by atoms with Gasteiger partial charge in [-0.25, -0.2) is 0 Å². The molecule has 0 aromatic heterocycles. The fraction of sp³-hybridized carbons (Fsp3) is 1.00. The van der Waals surface area contributed by atoms with Crippen molar-refractivity contribution in [2.24, 2.45) is 0 Å². The monoisotopic (exact) mass is 132 g/mol. The summed E-state index contributed by atoms with van der Waals surface area (Å²) in [5, 5.41) is 0. The molecule has 0 saturated heterocycles. The highest BCUT2D eigenvalue weighted by Gasteiger charge is 2.25. The molecule has 2 nitrogen and oxygen atoms in total. The molecule has 0 N–H and O–H groups in total. The molecule has 0 unspecified atom stereocenters. The minimum absolute atomic E-state index is 1.01. The van der Waals surface area contributed by atoms with Gasteiger partial charge in [-0.2, -0.15) is 0 Å². The van der Waals surface area contributed by atoms with Crippen LogP contribution in [0.25, 0.3) is 0 Å². The summed E-state index contributed by atoms with van der Waals surface area (Å²) >= 11 is 0. The van der Waals surface area contributed by atoms with Crippen molar-refractivity contribution in [1.29, 1.82) is 0 Å². The van der Waals surface area contributed by atoms with Crippen LogP contribution >= 0.6 is 0 Å². The third-order valence-electron chi connectivity index (χ3n) is 1.51. The molecule has 0 atom stereocenters. The van der Waals surface area contributed by atoms with E-state index in [-0.39, 0.29) is 0 Å². The molecule has 0 radical (unpaired) electrons. The highest BCUT2D eigenvalue weighted by Crippen LogP contribution is 1.99. The van der Waals surface area contributed by atoms with Gasteiger partial charge in [0.2, 0.25) is 0 Å². The van der Waals surface area contributed by atoms with Crippen LogP contribution in [0.15, 0.2) is 0 Å². The Morgan fingerprint density at radius 2 is 1.62 bits per heavy atom. The molecule has 0 heterocycles. The summed E-state index contributed by atoms with van der Waals surface area (Å²) in [7, 11) is 1.74. The first kappa shape index (κ1) is 8.20. The maximum atomic E-state index is 5.15. The lowest BCUT2D eigenvalue weighted by molar-refractivity contribution is 0.272. The van der Waals surface area contributed by atoms with Crippen LogP contribution in [-0.4, -0.2) is 29.5 Å². The predicted molar refractivity (Wildman–Crippen MR) is 38.6 cm³/mol. The standard InChI is InChI=1S/C4H13BO2Si/c1-5-8(4,6-2)7-3/h5H,1-4H3. The Morgan fingerprint density at radius 1 is 1.25 bits per heavy atom. The quantitative estimate of drug-likeness (QED) is 0.515. The number of hydrogen-bond donors (Lipinski definition) is 0. The van der Waals surface area contributed by atoms with E-state index in [9.17, 15) is 0 Å². The van der Waals surface area contributed by atoms with Gasteiger partial charge in [-0.1, -0.05) is 6.82 Å². The molecule has 0 aromatic rings. The summed E-state index contributed by atoms with van der Waals surface area (Å²) in [5.41, 5.74) is 0. The molecule has 0 rings (SSSR count). The van der Waals surface area contributed by atoms with Crippen LogP contribution in [0.4, 0.5) is 0 Å². The first-order valence-corrected chi connectivity index (χ1v) is 5.31. The van der Waals surface area contributed by atoms with E-state index in [1.807, 2.05) is 6.55 Å². The van der Waals surface area contributed by atoms with E-state index in [2.05, 4.69) is 6.82 Å². The zero-order valence-corrected chi connectivity index (χ0v) is 7.02. The van der Waals surface area contributed by atoms with E-state index >= 15 is 0 Å². The van der Waals surface area contributed by atoms with Crippen molar-refractivity contribution in [3.63, 3.8) is 0 Å². The van der Waals surface area contributed by atoms with Crippen molar-refractivity contribution in [3.8, 4) is 0 Å². The molecule has 48 valence electrons. The Balaban J connectivity index is 3.58. The predicted octanol–water partition coefficient (Wildman–Crippen LogP) is 0.332. The molecule has 0 saturated carbocycles. The van der Waals surface area contributed by atoms with Crippen molar-refractivity contribution in [3.05, 3.63) is 0 Å². The van der Waals surface area contributed by atoms with Gasteiger partial charge in [0.05, 0.1) is 0 Å². The third-order valence-corrected chi connectivity index (χ3v) is 4.52. The van der Waals surface area contributed by atoms with E-state index in [4.69, 9.17) is 8.85 Å². The van der Waals surface area contributed by atoms with Crippen LogP contribution in [0.5, 0.6) is 0 Å². The summed E-state index contributed by atoms with van der Waals surface area (Å²) < 4.78 is 10.3. The van der Waals surface area contributed by atoms with Gasteiger partial charge in [-0.3, -0.25) is 0 Å². The van der Waals surface area contributed by atoms with Gasteiger partial charge >= 0.3 is 0 Å². The fourth-order valence-electron chi connectivity index (χ4n) is 0.372.